The number of phosphoric ester groups is 1. The number of aliphatic hydroxyl groups is 1. The van der Waals surface area contributed by atoms with E-state index in [1.807, 2.05) is 41.9 Å². The summed E-state index contributed by atoms with van der Waals surface area (Å²) in [6.07, 6.45) is 9.62. The van der Waals surface area contributed by atoms with Crippen molar-refractivity contribution in [2.75, 3.05) is 13.2 Å². The van der Waals surface area contributed by atoms with Crippen molar-refractivity contribution in [1.29, 1.82) is 0 Å². The molecule has 20 heteroatoms. The van der Waals surface area contributed by atoms with Crippen LogP contribution in [0.1, 0.15) is 96.7 Å². The molecule has 0 aliphatic carbocycles. The van der Waals surface area contributed by atoms with Gasteiger partial charge in [-0.15, -0.1) is 0 Å². The number of nitrogens with zero attached hydrogens (tertiary/aromatic N) is 3. The number of nitrogens with one attached hydrogen (secondary N) is 4. The SMILES string of the molecule is CC(=O)N1CCC[C@H]1C(=O)N[C@@H](CC(C)C)C(=O)N[C@@H](Cc1cncn1CCCCCCCCc1ccccc1)C(=O)N[C@@H](CO)C(=O)N[C@H](C(=O)O)[C@@H](C)OP(=O)(O)O. The van der Waals surface area contributed by atoms with Crippen molar-refractivity contribution in [3.05, 3.63) is 54.1 Å². The average molecular weight is 864 g/mol. The summed E-state index contributed by atoms with van der Waals surface area (Å²) in [5.74, 6) is -5.47. The Morgan fingerprint density at radius 1 is 0.867 bits per heavy atom. The van der Waals surface area contributed by atoms with Crippen LogP contribution in [-0.2, 0) is 57.2 Å². The molecule has 3 rings (SSSR count). The Labute approximate surface area is 350 Å². The number of imidazole rings is 1. The minimum Gasteiger partial charge on any atom is -0.480 e. The van der Waals surface area contributed by atoms with Gasteiger partial charge in [-0.1, -0.05) is 69.9 Å². The second-order valence-electron chi connectivity index (χ2n) is 15.6. The number of rotatable bonds is 26. The fourth-order valence-corrected chi connectivity index (χ4v) is 7.69. The quantitative estimate of drug-likeness (QED) is 0.0494. The van der Waals surface area contributed by atoms with Crippen LogP contribution >= 0.6 is 7.82 Å². The van der Waals surface area contributed by atoms with Crippen molar-refractivity contribution in [1.82, 2.24) is 35.7 Å². The molecule has 19 nitrogen and oxygen atoms in total. The van der Waals surface area contributed by atoms with Gasteiger partial charge in [0.15, 0.2) is 6.04 Å². The largest absolute Gasteiger partial charge is 0.480 e. The number of aliphatic hydroxyl groups excluding tert-OH is 1. The Morgan fingerprint density at radius 3 is 2.10 bits per heavy atom. The van der Waals surface area contributed by atoms with Crippen LogP contribution in [0.5, 0.6) is 0 Å². The maximum atomic E-state index is 14.0. The van der Waals surface area contributed by atoms with E-state index in [0.29, 0.717) is 31.6 Å². The van der Waals surface area contributed by atoms with Gasteiger partial charge in [-0.25, -0.2) is 14.3 Å². The number of aryl methyl sites for hydroxylation is 2. The molecule has 1 aliphatic rings. The minimum absolute atomic E-state index is 0.0901. The van der Waals surface area contributed by atoms with E-state index in [-0.39, 0.29) is 24.7 Å². The summed E-state index contributed by atoms with van der Waals surface area (Å²) in [6.45, 7) is 6.00. The summed E-state index contributed by atoms with van der Waals surface area (Å²) in [5, 5.41) is 29.6. The van der Waals surface area contributed by atoms with Crippen LogP contribution in [-0.4, -0.2) is 119 Å². The molecular weight excluding hydrogens is 801 g/mol. The van der Waals surface area contributed by atoms with E-state index in [9.17, 15) is 43.5 Å². The van der Waals surface area contributed by atoms with E-state index in [4.69, 9.17) is 9.79 Å². The molecule has 8 N–H and O–H groups in total. The van der Waals surface area contributed by atoms with Gasteiger partial charge in [0.05, 0.1) is 19.0 Å². The van der Waals surface area contributed by atoms with Gasteiger partial charge >= 0.3 is 13.8 Å². The lowest BCUT2D eigenvalue weighted by Crippen LogP contribution is -2.60. The van der Waals surface area contributed by atoms with Crippen LogP contribution in [0.25, 0.3) is 0 Å². The zero-order chi connectivity index (χ0) is 44.4. The smallest absolute Gasteiger partial charge is 0.469 e. The monoisotopic (exact) mass is 863 g/mol. The second kappa shape index (κ2) is 24.5. The van der Waals surface area contributed by atoms with Crippen molar-refractivity contribution in [2.24, 2.45) is 5.92 Å². The first-order chi connectivity index (χ1) is 28.4. The van der Waals surface area contributed by atoms with Crippen molar-refractivity contribution in [2.45, 2.75) is 141 Å². The molecule has 60 heavy (non-hydrogen) atoms. The van der Waals surface area contributed by atoms with Crippen LogP contribution in [0.3, 0.4) is 0 Å². The van der Waals surface area contributed by atoms with Crippen LogP contribution in [0.2, 0.25) is 0 Å². The minimum atomic E-state index is -5.16. The maximum absolute atomic E-state index is 14.0. The highest BCUT2D eigenvalue weighted by atomic mass is 31.2. The summed E-state index contributed by atoms with van der Waals surface area (Å²) >= 11 is 0. The van der Waals surface area contributed by atoms with Crippen LogP contribution in [0.4, 0.5) is 0 Å². The Balaban J connectivity index is 1.76. The van der Waals surface area contributed by atoms with E-state index in [1.54, 1.807) is 6.33 Å². The number of carbonyl (C=O) groups excluding carboxylic acids is 5. The van der Waals surface area contributed by atoms with Crippen molar-refractivity contribution in [3.63, 3.8) is 0 Å². The molecule has 334 valence electrons. The topological polar surface area (TPSA) is 279 Å². The number of hydrogen-bond acceptors (Lipinski definition) is 10. The molecule has 0 spiro atoms. The van der Waals surface area contributed by atoms with Gasteiger partial charge in [0.25, 0.3) is 0 Å². The number of aromatic nitrogens is 2. The Hall–Kier alpha value is -4.68. The molecule has 0 radical (unpaired) electrons. The number of phosphoric acid groups is 1. The number of carbonyl (C=O) groups is 6. The van der Waals surface area contributed by atoms with Crippen molar-refractivity contribution < 1.29 is 57.9 Å². The third kappa shape index (κ3) is 16.8. The molecule has 0 bridgehead atoms. The maximum Gasteiger partial charge on any atom is 0.469 e. The van der Waals surface area contributed by atoms with Gasteiger partial charge in [0.1, 0.15) is 24.2 Å². The van der Waals surface area contributed by atoms with E-state index >= 15 is 0 Å². The standard InChI is InChI=1S/C40H62N7O12P/c1-26(2)21-31(43-39(53)34-18-14-20-47(34)28(4)49)36(50)42-32(37(51)44-33(24-48)38(52)45-35(40(54)55)27(3)59-60(56,57)58)22-30-23-41-25-46(30)19-13-8-6-5-7-10-15-29-16-11-9-12-17-29/h9,11-12,16-17,23,25-27,31-35,48H,5-8,10,13-15,18-22,24H2,1-4H3,(H,42,50)(H,43,53)(H,44,51)(H,45,52)(H,54,55)(H2,56,57,58)/t27-,31+,32+,33+,34+,35+/m1/s1. The lowest BCUT2D eigenvalue weighted by atomic mass is 10.0. The molecule has 0 unspecified atom stereocenters. The number of carboxylic acids is 1. The van der Waals surface area contributed by atoms with Gasteiger partial charge in [0.2, 0.25) is 29.5 Å². The van der Waals surface area contributed by atoms with E-state index < -0.39 is 80.3 Å². The molecule has 1 aliphatic heterocycles. The van der Waals surface area contributed by atoms with Crippen molar-refractivity contribution in [3.8, 4) is 0 Å². The second-order valence-corrected chi connectivity index (χ2v) is 16.8. The predicted octanol–water partition coefficient (Wildman–Crippen LogP) is 1.58. The van der Waals surface area contributed by atoms with Crippen LogP contribution < -0.4 is 21.3 Å². The fraction of sp³-hybridized carbons (Fsp3) is 0.625. The fourth-order valence-electron chi connectivity index (χ4n) is 7.14. The Bertz CT molecular complexity index is 1770. The third-order valence-corrected chi connectivity index (χ3v) is 10.9. The number of likely N-dealkylation sites (tertiary alicyclic amines) is 1. The zero-order valence-electron chi connectivity index (χ0n) is 34.8. The lowest BCUT2D eigenvalue weighted by Gasteiger charge is -2.28. The van der Waals surface area contributed by atoms with E-state index in [0.717, 1.165) is 51.9 Å². The zero-order valence-corrected chi connectivity index (χ0v) is 35.7. The summed E-state index contributed by atoms with van der Waals surface area (Å²) in [7, 11) is -5.16. The van der Waals surface area contributed by atoms with Gasteiger partial charge < -0.3 is 50.7 Å². The number of unbranched alkanes of at least 4 members (excludes halogenated alkanes) is 5. The van der Waals surface area contributed by atoms with Crippen LogP contribution in [0.15, 0.2) is 42.9 Å². The number of aliphatic carboxylic acids is 1. The summed E-state index contributed by atoms with van der Waals surface area (Å²) in [4.78, 5) is 103. The number of carboxylic acid groups (broad SMARTS) is 1. The Kier molecular flexibility index (Phi) is 20.3. The third-order valence-electron chi connectivity index (χ3n) is 10.3. The van der Waals surface area contributed by atoms with E-state index in [1.165, 1.54) is 23.6 Å². The summed E-state index contributed by atoms with van der Waals surface area (Å²) in [5.41, 5.74) is 1.88. The highest BCUT2D eigenvalue weighted by molar-refractivity contribution is 7.46. The molecule has 5 amide bonds. The van der Waals surface area contributed by atoms with Crippen LogP contribution in [0, 0.1) is 5.92 Å². The molecule has 1 aromatic carbocycles. The van der Waals surface area contributed by atoms with Gasteiger partial charge in [-0.3, -0.25) is 28.5 Å². The highest BCUT2D eigenvalue weighted by Crippen LogP contribution is 2.38. The van der Waals surface area contributed by atoms with Crippen molar-refractivity contribution >= 4 is 43.3 Å². The van der Waals surface area contributed by atoms with Gasteiger partial charge in [-0.2, -0.15) is 0 Å². The normalized spacial score (nSPS) is 16.7. The average Bonchev–Trinajstić information content (AvgIpc) is 3.86. The molecular formula is C40H62N7O12P. The Morgan fingerprint density at radius 2 is 1.48 bits per heavy atom. The predicted molar refractivity (Wildman–Crippen MR) is 219 cm³/mol. The molecule has 1 fully saturated rings. The first-order valence-corrected chi connectivity index (χ1v) is 22.0. The summed E-state index contributed by atoms with van der Waals surface area (Å²) in [6, 6.07) is 3.28. The van der Waals surface area contributed by atoms with Gasteiger partial charge in [0, 0.05) is 38.3 Å². The number of hydrogen-bond donors (Lipinski definition) is 8. The number of amides is 5. The summed E-state index contributed by atoms with van der Waals surface area (Å²) < 4.78 is 17.6. The molecule has 2 aromatic rings. The first-order valence-electron chi connectivity index (χ1n) is 20.5. The molecule has 6 atom stereocenters. The molecule has 0 saturated carbocycles. The number of benzene rings is 1. The first kappa shape index (κ1) is 49.7. The van der Waals surface area contributed by atoms with E-state index in [2.05, 4.69) is 37.6 Å². The lowest BCUT2D eigenvalue weighted by molar-refractivity contribution is -0.145. The highest BCUT2D eigenvalue weighted by Gasteiger charge is 2.37. The molecule has 2 heterocycles. The molecule has 1 saturated heterocycles. The van der Waals surface area contributed by atoms with Gasteiger partial charge in [-0.05, 0) is 56.9 Å². The molecule has 1 aromatic heterocycles.